The summed E-state index contributed by atoms with van der Waals surface area (Å²) in [5.41, 5.74) is 1.53. The molecule has 13 heteroatoms. The molecule has 2 aliphatic rings. The Morgan fingerprint density at radius 3 is 2.42 bits per heavy atom. The van der Waals surface area contributed by atoms with Crippen LogP contribution < -0.4 is 20.3 Å². The van der Waals surface area contributed by atoms with Crippen LogP contribution in [0.5, 0.6) is 5.75 Å². The summed E-state index contributed by atoms with van der Waals surface area (Å²) in [6.45, 7) is 13.6. The van der Waals surface area contributed by atoms with Crippen LogP contribution in [0, 0.1) is 5.82 Å². The van der Waals surface area contributed by atoms with Crippen LogP contribution in [-0.2, 0) is 9.30 Å². The van der Waals surface area contributed by atoms with E-state index in [2.05, 4.69) is 32.1 Å². The zero-order chi connectivity index (χ0) is 32.8. The molecule has 0 aliphatic carbocycles. The summed E-state index contributed by atoms with van der Waals surface area (Å²) < 4.78 is 40.0. The molecule has 0 spiro atoms. The molecule has 0 bridgehead atoms. The van der Waals surface area contributed by atoms with Crippen molar-refractivity contribution in [1.29, 1.82) is 0 Å². The van der Waals surface area contributed by atoms with E-state index in [1.54, 1.807) is 54.2 Å². The molecule has 11 nitrogen and oxygen atoms in total. The van der Waals surface area contributed by atoms with E-state index >= 15 is 4.39 Å². The Kier molecular flexibility index (Phi) is 8.67. The molecule has 1 atom stereocenters. The molecule has 1 N–H and O–H groups in total. The van der Waals surface area contributed by atoms with Crippen molar-refractivity contribution in [2.75, 3.05) is 63.9 Å². The number of hydrogen-bond acceptors (Lipinski definition) is 10. The fourth-order valence-electron chi connectivity index (χ4n) is 5.63. The maximum Gasteiger partial charge on any atom is 0.417 e. The second-order valence-corrected chi connectivity index (χ2v) is 16.0. The van der Waals surface area contributed by atoms with Crippen molar-refractivity contribution in [3.05, 3.63) is 53.5 Å². The largest absolute Gasteiger partial charge is 0.495 e. The summed E-state index contributed by atoms with van der Waals surface area (Å²) in [4.78, 5) is 40.9. The number of imide groups is 1. The van der Waals surface area contributed by atoms with Crippen LogP contribution >= 0.6 is 7.14 Å². The number of carbonyl (C=O) groups excluding carboxylic acids is 2. The van der Waals surface area contributed by atoms with Gasteiger partial charge in [0.2, 0.25) is 5.95 Å². The number of likely N-dealkylation sites (N-methyl/N-ethyl adjacent to an activating group) is 1. The Balaban J connectivity index is 1.53. The van der Waals surface area contributed by atoms with Gasteiger partial charge in [0.15, 0.2) is 5.82 Å². The first kappa shape index (κ1) is 32.4. The van der Waals surface area contributed by atoms with Crippen molar-refractivity contribution in [3.63, 3.8) is 0 Å². The minimum atomic E-state index is -3.02. The van der Waals surface area contributed by atoms with Crippen LogP contribution in [0.25, 0.3) is 11.3 Å². The average Bonchev–Trinajstić information content (AvgIpc) is 3.21. The van der Waals surface area contributed by atoms with E-state index in [-0.39, 0.29) is 22.8 Å². The standard InChI is InChI=1S/C32H40FN6O5P/c1-19-27-22(29(40)39(19)31(41)44-32(2,3)4)15-20(16-26(27)45(7,8)42)28-23(33)18-34-30(36-28)35-24-17-21(9-10-25(24)43-6)38-13-11-37(5)12-14-38/h9-10,15-19H,11-14H2,1-8H3,(H,34,35,36). The Bertz CT molecular complexity index is 1700. The quantitative estimate of drug-likeness (QED) is 0.348. The lowest BCUT2D eigenvalue weighted by atomic mass is 10.0. The van der Waals surface area contributed by atoms with Gasteiger partial charge in [-0.1, -0.05) is 0 Å². The molecule has 3 heterocycles. The highest BCUT2D eigenvalue weighted by Crippen LogP contribution is 2.45. The van der Waals surface area contributed by atoms with Gasteiger partial charge >= 0.3 is 6.09 Å². The van der Waals surface area contributed by atoms with E-state index < -0.39 is 36.6 Å². The van der Waals surface area contributed by atoms with Gasteiger partial charge in [0.1, 0.15) is 24.2 Å². The molecular weight excluding hydrogens is 598 g/mol. The zero-order valence-electron chi connectivity index (χ0n) is 27.0. The molecule has 1 aromatic heterocycles. The Morgan fingerprint density at radius 2 is 1.80 bits per heavy atom. The predicted octanol–water partition coefficient (Wildman–Crippen LogP) is 5.49. The molecule has 0 saturated carbocycles. The lowest BCUT2D eigenvalue weighted by Gasteiger charge is -2.34. The van der Waals surface area contributed by atoms with Crippen LogP contribution in [0.1, 0.15) is 49.7 Å². The van der Waals surface area contributed by atoms with E-state index in [4.69, 9.17) is 9.47 Å². The number of anilines is 3. The Hall–Kier alpha value is -4.02. The number of hydrogen-bond donors (Lipinski definition) is 1. The molecule has 2 amide bonds. The molecule has 240 valence electrons. The maximum absolute atomic E-state index is 15.4. The highest BCUT2D eigenvalue weighted by Gasteiger charge is 2.43. The molecule has 2 aromatic carbocycles. The molecule has 3 aromatic rings. The molecule has 5 rings (SSSR count). The average molecular weight is 639 g/mol. The maximum atomic E-state index is 15.4. The smallest absolute Gasteiger partial charge is 0.417 e. The zero-order valence-corrected chi connectivity index (χ0v) is 27.9. The summed E-state index contributed by atoms with van der Waals surface area (Å²) in [5.74, 6) is -0.675. The Morgan fingerprint density at radius 1 is 1.11 bits per heavy atom. The third kappa shape index (κ3) is 6.67. The molecule has 2 aliphatic heterocycles. The number of aromatic nitrogens is 2. The number of nitrogens with one attached hydrogen (secondary N) is 1. The summed E-state index contributed by atoms with van der Waals surface area (Å²) >= 11 is 0. The SMILES string of the molecule is COc1ccc(N2CCN(C)CC2)cc1Nc1ncc(F)c(-c2cc3c(c(P(C)(C)=O)c2)C(C)N(C(=O)OC(C)(C)C)C3=O)n1. The first-order valence-electron chi connectivity index (χ1n) is 14.8. The summed E-state index contributed by atoms with van der Waals surface area (Å²) in [6, 6.07) is 8.14. The van der Waals surface area contributed by atoms with E-state index in [1.165, 1.54) is 6.07 Å². The first-order chi connectivity index (χ1) is 21.1. The van der Waals surface area contributed by atoms with Gasteiger partial charge in [-0.3, -0.25) is 4.79 Å². The van der Waals surface area contributed by atoms with Crippen molar-refractivity contribution in [2.45, 2.75) is 39.3 Å². The van der Waals surface area contributed by atoms with Gasteiger partial charge in [0.25, 0.3) is 5.91 Å². The monoisotopic (exact) mass is 638 g/mol. The lowest BCUT2D eigenvalue weighted by Crippen LogP contribution is -2.44. The van der Waals surface area contributed by atoms with Gasteiger partial charge in [-0.2, -0.15) is 0 Å². The van der Waals surface area contributed by atoms with Crippen LogP contribution in [-0.4, -0.2) is 91.0 Å². The normalized spacial score (nSPS) is 17.4. The van der Waals surface area contributed by atoms with Gasteiger partial charge in [-0.15, -0.1) is 0 Å². The number of methoxy groups -OCH3 is 1. The second kappa shape index (κ2) is 12.1. The van der Waals surface area contributed by atoms with Crippen molar-refractivity contribution >= 4 is 41.8 Å². The molecule has 1 unspecified atom stereocenters. The third-order valence-electron chi connectivity index (χ3n) is 7.90. The predicted molar refractivity (Wildman–Crippen MR) is 173 cm³/mol. The highest BCUT2D eigenvalue weighted by molar-refractivity contribution is 7.70. The number of amides is 2. The minimum Gasteiger partial charge on any atom is -0.495 e. The topological polar surface area (TPSA) is 117 Å². The molecule has 0 radical (unpaired) electrons. The fraction of sp³-hybridized carbons (Fsp3) is 0.438. The number of ether oxygens (including phenoxy) is 2. The fourth-order valence-corrected chi connectivity index (χ4v) is 6.97. The summed E-state index contributed by atoms with van der Waals surface area (Å²) in [7, 11) is 0.637. The van der Waals surface area contributed by atoms with Crippen molar-refractivity contribution < 1.29 is 28.0 Å². The van der Waals surface area contributed by atoms with Crippen molar-refractivity contribution in [2.24, 2.45) is 0 Å². The Labute approximate surface area is 263 Å². The van der Waals surface area contributed by atoms with Crippen molar-refractivity contribution in [1.82, 2.24) is 19.8 Å². The number of halogens is 1. The summed E-state index contributed by atoms with van der Waals surface area (Å²) in [6.07, 6.45) is 0.238. The van der Waals surface area contributed by atoms with Gasteiger partial charge in [0.05, 0.1) is 25.0 Å². The van der Waals surface area contributed by atoms with E-state index in [1.807, 2.05) is 18.2 Å². The van der Waals surface area contributed by atoms with Gasteiger partial charge < -0.3 is 29.2 Å². The van der Waals surface area contributed by atoms with Crippen LogP contribution in [0.2, 0.25) is 0 Å². The van der Waals surface area contributed by atoms with Crippen LogP contribution in [0.15, 0.2) is 36.5 Å². The molecule has 45 heavy (non-hydrogen) atoms. The van der Waals surface area contributed by atoms with Crippen molar-refractivity contribution in [3.8, 4) is 17.0 Å². The number of carbonyl (C=O) groups is 2. The lowest BCUT2D eigenvalue weighted by molar-refractivity contribution is 0.0203. The van der Waals surface area contributed by atoms with E-state index in [0.29, 0.717) is 22.3 Å². The highest BCUT2D eigenvalue weighted by atomic mass is 31.2. The van der Waals surface area contributed by atoms with Gasteiger partial charge in [-0.05, 0) is 84.0 Å². The third-order valence-corrected chi connectivity index (χ3v) is 9.43. The number of piperazine rings is 1. The van der Waals surface area contributed by atoms with E-state index in [0.717, 1.165) is 43.0 Å². The minimum absolute atomic E-state index is 0.0876. The molecular formula is C32H40FN6O5P. The number of rotatable bonds is 6. The first-order valence-corrected chi connectivity index (χ1v) is 17.4. The molecule has 1 saturated heterocycles. The van der Waals surface area contributed by atoms with Gasteiger partial charge in [-0.25, -0.2) is 24.1 Å². The van der Waals surface area contributed by atoms with Crippen LogP contribution in [0.3, 0.4) is 0 Å². The number of benzene rings is 2. The molecule has 1 fully saturated rings. The van der Waals surface area contributed by atoms with Crippen LogP contribution in [0.4, 0.5) is 26.5 Å². The summed E-state index contributed by atoms with van der Waals surface area (Å²) in [5, 5.41) is 3.53. The number of fused-ring (bicyclic) bond motifs is 1. The van der Waals surface area contributed by atoms with E-state index in [9.17, 15) is 14.2 Å². The second-order valence-electron chi connectivity index (χ2n) is 12.8. The van der Waals surface area contributed by atoms with Gasteiger partial charge in [0, 0.05) is 48.3 Å². The number of nitrogens with zero attached hydrogens (tertiary/aromatic N) is 5.